The van der Waals surface area contributed by atoms with E-state index in [1.165, 1.54) is 0 Å². The number of benzene rings is 8. The second-order valence-corrected chi connectivity index (χ2v) is 12.4. The van der Waals surface area contributed by atoms with Crippen LogP contribution in [0.25, 0.3) is 77.2 Å². The Labute approximate surface area is 282 Å². The normalized spacial score (nSPS) is 11.7. The first kappa shape index (κ1) is 27.5. The quantitative estimate of drug-likeness (QED) is 0.178. The van der Waals surface area contributed by atoms with Crippen molar-refractivity contribution in [3.63, 3.8) is 0 Å². The van der Waals surface area contributed by atoms with Gasteiger partial charge in [0.05, 0.1) is 5.69 Å². The van der Waals surface area contributed by atoms with Crippen LogP contribution in [0.15, 0.2) is 179 Å². The summed E-state index contributed by atoms with van der Waals surface area (Å²) in [5, 5.41) is 6.66. The fourth-order valence-electron chi connectivity index (χ4n) is 7.16. The number of para-hydroxylation sites is 3. The first-order chi connectivity index (χ1) is 24.3. The van der Waals surface area contributed by atoms with Crippen molar-refractivity contribution in [2.45, 2.75) is 0 Å². The standard InChI is InChI=1S/C45H28N2O2/c1-3-11-31(12-4-1)45-46-39-26-23-30-20-19-29-21-24-34(28-38(29)43(30)44(39)49-45)47(33-13-5-2-6-14-33)40-17-9-7-15-35(40)32-22-25-37-36-16-8-10-18-41(36)48-42(37)27-32/h1-28H. The number of anilines is 3. The minimum atomic E-state index is 0.623. The topological polar surface area (TPSA) is 42.4 Å². The molecule has 10 aromatic rings. The molecule has 0 N–H and O–H groups in total. The molecule has 0 spiro atoms. The van der Waals surface area contributed by atoms with Gasteiger partial charge >= 0.3 is 0 Å². The van der Waals surface area contributed by atoms with Gasteiger partial charge in [0.15, 0.2) is 5.58 Å². The Morgan fingerprint density at radius 2 is 1.16 bits per heavy atom. The molecule has 0 aliphatic carbocycles. The van der Waals surface area contributed by atoms with Crippen molar-refractivity contribution in [2.24, 2.45) is 0 Å². The van der Waals surface area contributed by atoms with E-state index in [0.29, 0.717) is 5.89 Å². The molecule has 0 fully saturated rings. The number of aromatic nitrogens is 1. The Bertz CT molecular complexity index is 2830. The summed E-state index contributed by atoms with van der Waals surface area (Å²) in [5.74, 6) is 0.623. The highest BCUT2D eigenvalue weighted by Gasteiger charge is 2.20. The van der Waals surface area contributed by atoms with E-state index in [1.807, 2.05) is 42.5 Å². The molecule has 4 heteroatoms. The van der Waals surface area contributed by atoms with Crippen molar-refractivity contribution in [3.8, 4) is 22.6 Å². The summed E-state index contributed by atoms with van der Waals surface area (Å²) in [6.45, 7) is 0. The van der Waals surface area contributed by atoms with Gasteiger partial charge in [0.2, 0.25) is 5.89 Å². The minimum absolute atomic E-state index is 0.623. The molecule has 0 radical (unpaired) electrons. The molecule has 230 valence electrons. The van der Waals surface area contributed by atoms with E-state index >= 15 is 0 Å². The molecule has 0 unspecified atom stereocenters. The van der Waals surface area contributed by atoms with Crippen LogP contribution >= 0.6 is 0 Å². The van der Waals surface area contributed by atoms with Crippen LogP contribution in [0.1, 0.15) is 0 Å². The van der Waals surface area contributed by atoms with Gasteiger partial charge in [-0.05, 0) is 88.5 Å². The molecule has 8 aromatic carbocycles. The van der Waals surface area contributed by atoms with Crippen LogP contribution in [0.3, 0.4) is 0 Å². The Morgan fingerprint density at radius 3 is 2.06 bits per heavy atom. The molecule has 0 amide bonds. The third-order valence-electron chi connectivity index (χ3n) is 9.47. The van der Waals surface area contributed by atoms with Gasteiger partial charge in [-0.1, -0.05) is 103 Å². The zero-order chi connectivity index (χ0) is 32.3. The van der Waals surface area contributed by atoms with Crippen molar-refractivity contribution < 1.29 is 8.83 Å². The van der Waals surface area contributed by atoms with Crippen LogP contribution in [0.5, 0.6) is 0 Å². The zero-order valence-corrected chi connectivity index (χ0v) is 26.4. The maximum Gasteiger partial charge on any atom is 0.227 e. The summed E-state index contributed by atoms with van der Waals surface area (Å²) in [7, 11) is 0. The molecule has 0 aliphatic rings. The lowest BCUT2D eigenvalue weighted by atomic mass is 9.98. The molecular weight excluding hydrogens is 601 g/mol. The average Bonchev–Trinajstić information content (AvgIpc) is 3.77. The smallest absolute Gasteiger partial charge is 0.227 e. The molecule has 2 aromatic heterocycles. The number of hydrogen-bond donors (Lipinski definition) is 0. The third-order valence-corrected chi connectivity index (χ3v) is 9.47. The molecule has 0 saturated heterocycles. The fourth-order valence-corrected chi connectivity index (χ4v) is 7.16. The first-order valence-electron chi connectivity index (χ1n) is 16.5. The Balaban J connectivity index is 1.19. The molecule has 4 nitrogen and oxygen atoms in total. The lowest BCUT2D eigenvalue weighted by Crippen LogP contribution is -2.11. The minimum Gasteiger partial charge on any atom is -0.456 e. The predicted molar refractivity (Wildman–Crippen MR) is 202 cm³/mol. The molecule has 0 bridgehead atoms. The summed E-state index contributed by atoms with van der Waals surface area (Å²) in [5.41, 5.74) is 9.75. The zero-order valence-electron chi connectivity index (χ0n) is 26.4. The van der Waals surface area contributed by atoms with Crippen LogP contribution < -0.4 is 4.90 Å². The first-order valence-corrected chi connectivity index (χ1v) is 16.5. The van der Waals surface area contributed by atoms with Crippen LogP contribution in [0.2, 0.25) is 0 Å². The van der Waals surface area contributed by atoms with E-state index in [1.54, 1.807) is 0 Å². The fraction of sp³-hybridized carbons (Fsp3) is 0. The molecule has 10 rings (SSSR count). The van der Waals surface area contributed by atoms with Crippen molar-refractivity contribution >= 4 is 71.6 Å². The molecule has 0 saturated carbocycles. The van der Waals surface area contributed by atoms with Crippen molar-refractivity contribution in [1.29, 1.82) is 0 Å². The second kappa shape index (κ2) is 11.0. The van der Waals surface area contributed by atoms with E-state index in [9.17, 15) is 0 Å². The maximum absolute atomic E-state index is 6.55. The number of oxazole rings is 1. The van der Waals surface area contributed by atoms with E-state index in [4.69, 9.17) is 13.8 Å². The summed E-state index contributed by atoms with van der Waals surface area (Å²) in [4.78, 5) is 7.23. The van der Waals surface area contributed by atoms with Gasteiger partial charge in [-0.2, -0.15) is 0 Å². The van der Waals surface area contributed by atoms with Crippen LogP contribution in [0.4, 0.5) is 17.1 Å². The van der Waals surface area contributed by atoms with Crippen LogP contribution in [-0.4, -0.2) is 4.98 Å². The van der Waals surface area contributed by atoms with Gasteiger partial charge in [0.1, 0.15) is 16.7 Å². The summed E-state index contributed by atoms with van der Waals surface area (Å²) in [6.07, 6.45) is 0. The number of nitrogens with zero attached hydrogens (tertiary/aromatic N) is 2. The molecule has 2 heterocycles. The van der Waals surface area contributed by atoms with Gasteiger partial charge in [0.25, 0.3) is 0 Å². The van der Waals surface area contributed by atoms with E-state index in [0.717, 1.165) is 88.3 Å². The lowest BCUT2D eigenvalue weighted by Gasteiger charge is -2.28. The highest BCUT2D eigenvalue weighted by molar-refractivity contribution is 6.19. The van der Waals surface area contributed by atoms with E-state index < -0.39 is 0 Å². The number of hydrogen-bond acceptors (Lipinski definition) is 4. The van der Waals surface area contributed by atoms with Gasteiger partial charge in [-0.25, -0.2) is 4.98 Å². The maximum atomic E-state index is 6.55. The van der Waals surface area contributed by atoms with Gasteiger partial charge < -0.3 is 13.7 Å². The largest absolute Gasteiger partial charge is 0.456 e. The van der Waals surface area contributed by atoms with E-state index in [2.05, 4.69) is 132 Å². The average molecular weight is 629 g/mol. The Morgan fingerprint density at radius 1 is 0.449 bits per heavy atom. The van der Waals surface area contributed by atoms with Crippen molar-refractivity contribution in [3.05, 3.63) is 170 Å². The summed E-state index contributed by atoms with van der Waals surface area (Å²) >= 11 is 0. The Kier molecular flexibility index (Phi) is 6.15. The second-order valence-electron chi connectivity index (χ2n) is 12.4. The van der Waals surface area contributed by atoms with E-state index in [-0.39, 0.29) is 0 Å². The number of rotatable bonds is 5. The number of furan rings is 1. The van der Waals surface area contributed by atoms with Crippen LogP contribution in [0, 0.1) is 0 Å². The highest BCUT2D eigenvalue weighted by atomic mass is 16.3. The van der Waals surface area contributed by atoms with Crippen molar-refractivity contribution in [1.82, 2.24) is 4.98 Å². The molecule has 49 heavy (non-hydrogen) atoms. The van der Waals surface area contributed by atoms with Crippen LogP contribution in [-0.2, 0) is 0 Å². The SMILES string of the molecule is c1ccc(-c2nc3ccc4ccc5ccc(N(c6ccccc6)c6ccccc6-c6ccc7c(c6)oc6ccccc67)cc5c4c3o2)cc1. The number of fused-ring (bicyclic) bond motifs is 8. The molecule has 0 atom stereocenters. The summed E-state index contributed by atoms with van der Waals surface area (Å²) in [6, 6.07) is 59.2. The molecule has 0 aliphatic heterocycles. The highest BCUT2D eigenvalue weighted by Crippen LogP contribution is 2.44. The van der Waals surface area contributed by atoms with Gasteiger partial charge in [-0.15, -0.1) is 0 Å². The predicted octanol–water partition coefficient (Wildman–Crippen LogP) is 12.8. The van der Waals surface area contributed by atoms with Crippen molar-refractivity contribution in [2.75, 3.05) is 4.90 Å². The van der Waals surface area contributed by atoms with Gasteiger partial charge in [0, 0.05) is 38.7 Å². The monoisotopic (exact) mass is 628 g/mol. The Hall–Kier alpha value is -6.65. The summed E-state index contributed by atoms with van der Waals surface area (Å²) < 4.78 is 12.9. The lowest BCUT2D eigenvalue weighted by molar-refractivity contribution is 0.623. The van der Waals surface area contributed by atoms with Gasteiger partial charge in [-0.3, -0.25) is 0 Å². The molecular formula is C45H28N2O2. The third kappa shape index (κ3) is 4.49.